The Balaban J connectivity index is 2.29. The Morgan fingerprint density at radius 3 is 3.06 bits per heavy atom. The first-order valence-electron chi connectivity index (χ1n) is 5.43. The van der Waals surface area contributed by atoms with Gasteiger partial charge < -0.3 is 15.3 Å². The number of halogens is 1. The smallest absolute Gasteiger partial charge is 0.327 e. The molecular weight excluding hydrogens is 286 g/mol. The lowest BCUT2D eigenvalue weighted by atomic mass is 10.2. The topological polar surface area (TPSA) is 65.5 Å². The van der Waals surface area contributed by atoms with E-state index in [0.29, 0.717) is 13.1 Å². The highest BCUT2D eigenvalue weighted by Crippen LogP contribution is 2.21. The van der Waals surface area contributed by atoms with Crippen molar-refractivity contribution in [3.8, 4) is 0 Å². The van der Waals surface area contributed by atoms with Gasteiger partial charge in [0, 0.05) is 24.1 Å². The molecule has 1 atom stereocenters. The normalized spacial score (nSPS) is 20.4. The second kappa shape index (κ2) is 5.01. The van der Waals surface area contributed by atoms with Crippen LogP contribution in [0.4, 0.5) is 5.82 Å². The number of aryl methyl sites for hydroxylation is 1. The Hall–Kier alpha value is -1.14. The van der Waals surface area contributed by atoms with Crippen molar-refractivity contribution in [1.29, 1.82) is 0 Å². The molecule has 1 aromatic heterocycles. The summed E-state index contributed by atoms with van der Waals surface area (Å²) in [6.07, 6.45) is 0. The third-order valence-electron chi connectivity index (χ3n) is 2.83. The quantitative estimate of drug-likeness (QED) is 0.853. The van der Waals surface area contributed by atoms with Gasteiger partial charge in [-0.2, -0.15) is 0 Å². The Kier molecular flexibility index (Phi) is 3.63. The number of aromatic nitrogens is 1. The maximum atomic E-state index is 11.2. The number of pyridine rings is 1. The number of nitrogens with one attached hydrogen (secondary N) is 1. The van der Waals surface area contributed by atoms with Crippen LogP contribution in [0.5, 0.6) is 0 Å². The molecule has 17 heavy (non-hydrogen) atoms. The Morgan fingerprint density at radius 2 is 2.41 bits per heavy atom. The zero-order valence-corrected chi connectivity index (χ0v) is 11.1. The first-order valence-corrected chi connectivity index (χ1v) is 6.22. The number of piperazine rings is 1. The fraction of sp³-hybridized carbons (Fsp3) is 0.455. The van der Waals surface area contributed by atoms with E-state index in [4.69, 9.17) is 0 Å². The molecule has 6 heteroatoms. The standard InChI is InChI=1S/C11H14BrN3O2/c1-7-8(12)2-3-10(14-7)15-5-4-13-6-9(15)11(16)17/h2-3,9,13H,4-6H2,1H3,(H,16,17). The molecule has 2 heterocycles. The highest BCUT2D eigenvalue weighted by atomic mass is 79.9. The number of carboxylic acid groups (broad SMARTS) is 1. The third-order valence-corrected chi connectivity index (χ3v) is 3.67. The Bertz CT molecular complexity index is 439. The van der Waals surface area contributed by atoms with E-state index in [1.807, 2.05) is 24.0 Å². The lowest BCUT2D eigenvalue weighted by Crippen LogP contribution is -2.55. The average Bonchev–Trinajstić information content (AvgIpc) is 2.32. The SMILES string of the molecule is Cc1nc(N2CCNCC2C(=O)O)ccc1Br. The van der Waals surface area contributed by atoms with Gasteiger partial charge in [-0.25, -0.2) is 9.78 Å². The summed E-state index contributed by atoms with van der Waals surface area (Å²) in [5, 5.41) is 12.3. The number of carboxylic acids is 1. The Labute approximate surface area is 108 Å². The van der Waals surface area contributed by atoms with Crippen molar-refractivity contribution in [2.24, 2.45) is 0 Å². The predicted molar refractivity (Wildman–Crippen MR) is 68.3 cm³/mol. The van der Waals surface area contributed by atoms with E-state index in [1.165, 1.54) is 0 Å². The number of carbonyl (C=O) groups is 1. The third kappa shape index (κ3) is 2.58. The fourth-order valence-electron chi connectivity index (χ4n) is 1.89. The van der Waals surface area contributed by atoms with Gasteiger partial charge in [-0.05, 0) is 35.0 Å². The van der Waals surface area contributed by atoms with Gasteiger partial charge in [-0.1, -0.05) is 0 Å². The number of anilines is 1. The van der Waals surface area contributed by atoms with E-state index in [-0.39, 0.29) is 0 Å². The minimum absolute atomic E-state index is 0.451. The molecule has 0 aromatic carbocycles. The Morgan fingerprint density at radius 1 is 1.65 bits per heavy atom. The molecule has 0 aliphatic carbocycles. The number of hydrogen-bond acceptors (Lipinski definition) is 4. The van der Waals surface area contributed by atoms with Gasteiger partial charge in [0.05, 0.1) is 5.69 Å². The zero-order chi connectivity index (χ0) is 12.4. The van der Waals surface area contributed by atoms with Crippen LogP contribution in [-0.2, 0) is 4.79 Å². The molecule has 2 rings (SSSR count). The summed E-state index contributed by atoms with van der Waals surface area (Å²) in [7, 11) is 0. The highest BCUT2D eigenvalue weighted by molar-refractivity contribution is 9.10. The minimum atomic E-state index is -0.820. The number of hydrogen-bond donors (Lipinski definition) is 2. The summed E-state index contributed by atoms with van der Waals surface area (Å²) in [6, 6.07) is 3.20. The van der Waals surface area contributed by atoms with Crippen LogP contribution in [0, 0.1) is 6.92 Å². The number of nitrogens with zero attached hydrogens (tertiary/aromatic N) is 2. The maximum Gasteiger partial charge on any atom is 0.327 e. The van der Waals surface area contributed by atoms with Crippen LogP contribution in [0.15, 0.2) is 16.6 Å². The molecule has 5 nitrogen and oxygen atoms in total. The molecule has 0 spiro atoms. The van der Waals surface area contributed by atoms with Crippen LogP contribution >= 0.6 is 15.9 Å². The molecular formula is C11H14BrN3O2. The second-order valence-corrected chi connectivity index (χ2v) is 4.84. The summed E-state index contributed by atoms with van der Waals surface area (Å²) in [6.45, 7) is 3.78. The zero-order valence-electron chi connectivity index (χ0n) is 9.48. The second-order valence-electron chi connectivity index (χ2n) is 3.99. The molecule has 2 N–H and O–H groups in total. The van der Waals surface area contributed by atoms with Crippen molar-refractivity contribution in [1.82, 2.24) is 10.3 Å². The van der Waals surface area contributed by atoms with E-state index in [9.17, 15) is 9.90 Å². The molecule has 0 saturated carbocycles. The largest absolute Gasteiger partial charge is 0.480 e. The van der Waals surface area contributed by atoms with Crippen LogP contribution in [0.2, 0.25) is 0 Å². The monoisotopic (exact) mass is 299 g/mol. The van der Waals surface area contributed by atoms with Gasteiger partial charge in [-0.15, -0.1) is 0 Å². The lowest BCUT2D eigenvalue weighted by Gasteiger charge is -2.34. The molecule has 1 fully saturated rings. The van der Waals surface area contributed by atoms with Crippen molar-refractivity contribution in [2.75, 3.05) is 24.5 Å². The van der Waals surface area contributed by atoms with Gasteiger partial charge in [0.1, 0.15) is 11.9 Å². The lowest BCUT2D eigenvalue weighted by molar-refractivity contribution is -0.138. The van der Waals surface area contributed by atoms with Crippen LogP contribution in [-0.4, -0.2) is 41.7 Å². The van der Waals surface area contributed by atoms with Crippen molar-refractivity contribution < 1.29 is 9.90 Å². The minimum Gasteiger partial charge on any atom is -0.480 e. The van der Waals surface area contributed by atoms with Gasteiger partial charge >= 0.3 is 5.97 Å². The van der Waals surface area contributed by atoms with Crippen molar-refractivity contribution in [3.05, 3.63) is 22.3 Å². The molecule has 0 bridgehead atoms. The summed E-state index contributed by atoms with van der Waals surface area (Å²) in [5.74, 6) is -0.0980. The highest BCUT2D eigenvalue weighted by Gasteiger charge is 2.29. The van der Waals surface area contributed by atoms with Crippen LogP contribution < -0.4 is 10.2 Å². The van der Waals surface area contributed by atoms with E-state index in [2.05, 4.69) is 26.2 Å². The molecule has 1 aliphatic rings. The van der Waals surface area contributed by atoms with Gasteiger partial charge in [0.25, 0.3) is 0 Å². The van der Waals surface area contributed by atoms with E-state index in [1.54, 1.807) is 0 Å². The van der Waals surface area contributed by atoms with E-state index in [0.717, 1.165) is 22.5 Å². The molecule has 92 valence electrons. The first-order chi connectivity index (χ1) is 8.09. The van der Waals surface area contributed by atoms with E-state index >= 15 is 0 Å². The molecule has 0 amide bonds. The fourth-order valence-corrected chi connectivity index (χ4v) is 2.11. The van der Waals surface area contributed by atoms with Gasteiger partial charge in [-0.3, -0.25) is 0 Å². The van der Waals surface area contributed by atoms with Crippen LogP contribution in [0.25, 0.3) is 0 Å². The molecule has 1 saturated heterocycles. The summed E-state index contributed by atoms with van der Waals surface area (Å²) in [5.41, 5.74) is 0.866. The summed E-state index contributed by atoms with van der Waals surface area (Å²) < 4.78 is 0.934. The summed E-state index contributed by atoms with van der Waals surface area (Å²) in [4.78, 5) is 17.4. The van der Waals surface area contributed by atoms with Crippen molar-refractivity contribution in [2.45, 2.75) is 13.0 Å². The van der Waals surface area contributed by atoms with Gasteiger partial charge in [0.15, 0.2) is 0 Å². The molecule has 1 unspecified atom stereocenters. The first kappa shape index (κ1) is 12.3. The van der Waals surface area contributed by atoms with Crippen LogP contribution in [0.3, 0.4) is 0 Å². The van der Waals surface area contributed by atoms with Crippen molar-refractivity contribution >= 4 is 27.7 Å². The summed E-state index contributed by atoms with van der Waals surface area (Å²) >= 11 is 3.39. The van der Waals surface area contributed by atoms with Crippen LogP contribution in [0.1, 0.15) is 5.69 Å². The molecule has 1 aromatic rings. The predicted octanol–water partition coefficient (Wildman–Crippen LogP) is 1.02. The number of rotatable bonds is 2. The maximum absolute atomic E-state index is 11.2. The molecule has 1 aliphatic heterocycles. The number of aliphatic carboxylic acids is 1. The van der Waals surface area contributed by atoms with Gasteiger partial charge in [0.2, 0.25) is 0 Å². The van der Waals surface area contributed by atoms with E-state index < -0.39 is 12.0 Å². The average molecular weight is 300 g/mol. The van der Waals surface area contributed by atoms with Crippen molar-refractivity contribution in [3.63, 3.8) is 0 Å². The molecule has 0 radical (unpaired) electrons.